The second-order valence-electron chi connectivity index (χ2n) is 5.86. The van der Waals surface area contributed by atoms with Crippen molar-refractivity contribution in [3.8, 4) is 11.5 Å². The van der Waals surface area contributed by atoms with Gasteiger partial charge in [0.1, 0.15) is 37.4 Å². The van der Waals surface area contributed by atoms with E-state index in [4.69, 9.17) is 32.7 Å². The number of rotatable bonds is 7. The van der Waals surface area contributed by atoms with Gasteiger partial charge in [-0.2, -0.15) is 5.10 Å². The third kappa shape index (κ3) is 5.21. The highest BCUT2D eigenvalue weighted by Crippen LogP contribution is 2.31. The third-order valence-electron chi connectivity index (χ3n) is 3.69. The Morgan fingerprint density at radius 2 is 1.78 bits per heavy atom. The average molecular weight is 405 g/mol. The summed E-state index contributed by atoms with van der Waals surface area (Å²) >= 11 is 12.4. The van der Waals surface area contributed by atoms with Gasteiger partial charge in [-0.1, -0.05) is 40.9 Å². The van der Waals surface area contributed by atoms with Gasteiger partial charge in [0.25, 0.3) is 0 Å². The van der Waals surface area contributed by atoms with Crippen molar-refractivity contribution in [3.05, 3.63) is 69.7 Å². The number of hydrogen-bond acceptors (Lipinski definition) is 5. The number of aryl methyl sites for hydroxylation is 2. The molecule has 0 aliphatic heterocycles. The highest BCUT2D eigenvalue weighted by molar-refractivity contribution is 6.36. The van der Waals surface area contributed by atoms with Crippen molar-refractivity contribution < 1.29 is 9.47 Å². The fourth-order valence-corrected chi connectivity index (χ4v) is 3.03. The van der Waals surface area contributed by atoms with Gasteiger partial charge in [-0.05, 0) is 37.6 Å². The van der Waals surface area contributed by atoms with E-state index in [2.05, 4.69) is 21.4 Å². The lowest BCUT2D eigenvalue weighted by molar-refractivity contribution is 0.216. The minimum atomic E-state index is 0.322. The number of ether oxygens (including phenoxy) is 2. The summed E-state index contributed by atoms with van der Waals surface area (Å²) in [5.74, 6) is 1.32. The first-order valence-electron chi connectivity index (χ1n) is 8.24. The summed E-state index contributed by atoms with van der Waals surface area (Å²) in [5, 5.41) is 12.5. The van der Waals surface area contributed by atoms with E-state index in [1.807, 2.05) is 26.0 Å². The number of aromatic nitrogens is 3. The quantitative estimate of drug-likeness (QED) is 0.428. The highest BCUT2D eigenvalue weighted by Gasteiger charge is 2.10. The molecule has 1 aromatic heterocycles. The molecule has 27 heavy (non-hydrogen) atoms. The fraction of sp³-hybridized carbons (Fsp3) is 0.211. The van der Waals surface area contributed by atoms with Gasteiger partial charge in [-0.3, -0.25) is 0 Å². The van der Waals surface area contributed by atoms with Gasteiger partial charge in [0.2, 0.25) is 0 Å². The lowest BCUT2D eigenvalue weighted by Gasteiger charge is -2.13. The van der Waals surface area contributed by atoms with Crippen LogP contribution >= 0.6 is 23.2 Å². The molecule has 0 saturated heterocycles. The van der Waals surface area contributed by atoms with E-state index in [9.17, 15) is 0 Å². The molecular formula is C19H18Cl2N4O2. The molecule has 8 heteroatoms. The molecule has 3 aromatic rings. The van der Waals surface area contributed by atoms with Crippen LogP contribution in [0.2, 0.25) is 10.0 Å². The third-order valence-corrected chi connectivity index (χ3v) is 4.19. The van der Waals surface area contributed by atoms with Crippen molar-refractivity contribution in [2.24, 2.45) is 5.10 Å². The zero-order valence-electron chi connectivity index (χ0n) is 14.9. The standard InChI is InChI=1S/C19H18Cl2N4O2/c1-13-3-4-18(14(2)7-13)26-5-6-27-19-15(8-16(20)9-17(19)21)10-24-25-11-22-23-12-25/h3-4,7-12H,5-6H2,1-2H3. The SMILES string of the molecule is Cc1ccc(OCCOc2c(Cl)cc(Cl)cc2C=Nn2cnnc2)c(C)c1. The molecule has 0 atom stereocenters. The molecule has 1 heterocycles. The topological polar surface area (TPSA) is 61.5 Å². The summed E-state index contributed by atoms with van der Waals surface area (Å²) < 4.78 is 13.1. The van der Waals surface area contributed by atoms with Crippen LogP contribution in [0.3, 0.4) is 0 Å². The molecule has 0 aliphatic rings. The van der Waals surface area contributed by atoms with Crippen molar-refractivity contribution in [1.82, 2.24) is 14.9 Å². The van der Waals surface area contributed by atoms with E-state index in [0.29, 0.717) is 34.6 Å². The molecule has 140 valence electrons. The molecule has 0 bridgehead atoms. The van der Waals surface area contributed by atoms with Gasteiger partial charge >= 0.3 is 0 Å². The summed E-state index contributed by atoms with van der Waals surface area (Å²) in [6, 6.07) is 9.39. The monoisotopic (exact) mass is 404 g/mol. The number of hydrogen-bond donors (Lipinski definition) is 0. The van der Waals surface area contributed by atoms with Crippen LogP contribution in [-0.2, 0) is 0 Å². The Kier molecular flexibility index (Phi) is 6.32. The number of halogens is 2. The molecule has 0 saturated carbocycles. The molecule has 0 N–H and O–H groups in total. The summed E-state index contributed by atoms with van der Waals surface area (Å²) in [6.45, 7) is 4.76. The van der Waals surface area contributed by atoms with Crippen LogP contribution in [0.25, 0.3) is 0 Å². The van der Waals surface area contributed by atoms with E-state index in [1.54, 1.807) is 18.3 Å². The Morgan fingerprint density at radius 1 is 1.04 bits per heavy atom. The highest BCUT2D eigenvalue weighted by atomic mass is 35.5. The van der Waals surface area contributed by atoms with Gasteiger partial charge < -0.3 is 9.47 Å². The van der Waals surface area contributed by atoms with E-state index < -0.39 is 0 Å². The second kappa shape index (κ2) is 8.88. The summed E-state index contributed by atoms with van der Waals surface area (Å²) in [5.41, 5.74) is 2.93. The van der Waals surface area contributed by atoms with Gasteiger partial charge in [0.05, 0.1) is 11.2 Å². The number of nitrogens with zero attached hydrogens (tertiary/aromatic N) is 4. The molecule has 0 spiro atoms. The predicted octanol–water partition coefficient (Wildman–Crippen LogP) is 4.54. The summed E-state index contributed by atoms with van der Waals surface area (Å²) in [4.78, 5) is 0. The minimum absolute atomic E-state index is 0.322. The normalized spacial score (nSPS) is 11.1. The first-order chi connectivity index (χ1) is 13.0. The first-order valence-corrected chi connectivity index (χ1v) is 8.99. The van der Waals surface area contributed by atoms with Crippen LogP contribution < -0.4 is 9.47 Å². The summed E-state index contributed by atoms with van der Waals surface area (Å²) in [6.07, 6.45) is 4.53. The molecule has 0 amide bonds. The first kappa shape index (κ1) is 19.2. The van der Waals surface area contributed by atoms with Crippen LogP contribution in [0.5, 0.6) is 11.5 Å². The molecule has 0 fully saturated rings. The maximum atomic E-state index is 6.29. The van der Waals surface area contributed by atoms with Crippen molar-refractivity contribution in [3.63, 3.8) is 0 Å². The second-order valence-corrected chi connectivity index (χ2v) is 6.70. The Morgan fingerprint density at radius 3 is 2.52 bits per heavy atom. The largest absolute Gasteiger partial charge is 0.490 e. The Balaban J connectivity index is 1.67. The maximum absolute atomic E-state index is 6.29. The van der Waals surface area contributed by atoms with Gasteiger partial charge in [0, 0.05) is 10.6 Å². The Bertz CT molecular complexity index is 943. The predicted molar refractivity (Wildman–Crippen MR) is 106 cm³/mol. The molecule has 0 radical (unpaired) electrons. The molecule has 0 aliphatic carbocycles. The average Bonchev–Trinajstić information content (AvgIpc) is 3.13. The van der Waals surface area contributed by atoms with Crippen LogP contribution in [0, 0.1) is 13.8 Å². The molecular weight excluding hydrogens is 387 g/mol. The molecule has 2 aromatic carbocycles. The zero-order valence-corrected chi connectivity index (χ0v) is 16.4. The molecule has 6 nitrogen and oxygen atoms in total. The Labute approximate surface area is 167 Å². The van der Waals surface area contributed by atoms with E-state index in [-0.39, 0.29) is 0 Å². The van der Waals surface area contributed by atoms with E-state index >= 15 is 0 Å². The Hall–Kier alpha value is -2.57. The lowest BCUT2D eigenvalue weighted by atomic mass is 10.1. The van der Waals surface area contributed by atoms with Crippen LogP contribution in [-0.4, -0.2) is 34.3 Å². The molecule has 3 rings (SSSR count). The van der Waals surface area contributed by atoms with E-state index in [1.165, 1.54) is 22.9 Å². The van der Waals surface area contributed by atoms with Crippen molar-refractivity contribution in [2.75, 3.05) is 13.2 Å². The minimum Gasteiger partial charge on any atom is -0.490 e. The van der Waals surface area contributed by atoms with E-state index in [0.717, 1.165) is 11.3 Å². The molecule has 0 unspecified atom stereocenters. The lowest BCUT2D eigenvalue weighted by Crippen LogP contribution is -2.11. The smallest absolute Gasteiger partial charge is 0.147 e. The van der Waals surface area contributed by atoms with Crippen LogP contribution in [0.1, 0.15) is 16.7 Å². The maximum Gasteiger partial charge on any atom is 0.147 e. The van der Waals surface area contributed by atoms with Gasteiger partial charge in [0.15, 0.2) is 0 Å². The van der Waals surface area contributed by atoms with Crippen molar-refractivity contribution in [2.45, 2.75) is 13.8 Å². The zero-order chi connectivity index (χ0) is 19.2. The van der Waals surface area contributed by atoms with Crippen LogP contribution in [0.15, 0.2) is 48.1 Å². The van der Waals surface area contributed by atoms with Gasteiger partial charge in [-0.15, -0.1) is 10.2 Å². The van der Waals surface area contributed by atoms with Gasteiger partial charge in [-0.25, -0.2) is 4.68 Å². The fourth-order valence-electron chi connectivity index (χ4n) is 2.47. The van der Waals surface area contributed by atoms with Crippen molar-refractivity contribution >= 4 is 29.4 Å². The summed E-state index contributed by atoms with van der Waals surface area (Å²) in [7, 11) is 0. The van der Waals surface area contributed by atoms with Crippen LogP contribution in [0.4, 0.5) is 0 Å². The van der Waals surface area contributed by atoms with Crippen molar-refractivity contribution in [1.29, 1.82) is 0 Å². The number of benzene rings is 2.